The maximum absolute atomic E-state index is 11.5. The Morgan fingerprint density at radius 2 is 1.47 bits per heavy atom. The minimum atomic E-state index is -0.594. The second kappa shape index (κ2) is 3.85. The number of cyclic esters (lactones) is 2. The minimum Gasteiger partial charge on any atom is -0.386 e. The van der Waals surface area contributed by atoms with Crippen LogP contribution in [0.3, 0.4) is 0 Å². The summed E-state index contributed by atoms with van der Waals surface area (Å²) in [6.07, 6.45) is 0. The Bertz CT molecular complexity index is 418. The molecule has 0 fully saturated rings. The van der Waals surface area contributed by atoms with E-state index in [1.54, 1.807) is 13.8 Å². The Morgan fingerprint density at radius 1 is 1.00 bits per heavy atom. The van der Waals surface area contributed by atoms with E-state index < -0.39 is 11.9 Å². The van der Waals surface area contributed by atoms with Gasteiger partial charge in [-0.25, -0.2) is 9.59 Å². The van der Waals surface area contributed by atoms with Gasteiger partial charge in [0.15, 0.2) is 0 Å². The van der Waals surface area contributed by atoms with Crippen LogP contribution in [-0.4, -0.2) is 11.9 Å². The van der Waals surface area contributed by atoms with Crippen molar-refractivity contribution in [3.63, 3.8) is 0 Å². The standard InChI is InChI=1S/C12H14O3/c1-6(2)8(5)10-9(7(3)4)11(13)15-12(10)14/h3H2,1-2,4-5H3. The second-order valence-electron chi connectivity index (χ2n) is 3.83. The lowest BCUT2D eigenvalue weighted by molar-refractivity contribution is -0.150. The van der Waals surface area contributed by atoms with Gasteiger partial charge in [-0.1, -0.05) is 12.2 Å². The molecule has 3 nitrogen and oxygen atoms in total. The molecule has 1 rings (SSSR count). The average Bonchev–Trinajstić information content (AvgIpc) is 2.39. The first-order chi connectivity index (χ1) is 6.86. The first-order valence-corrected chi connectivity index (χ1v) is 4.67. The lowest BCUT2D eigenvalue weighted by Gasteiger charge is -2.03. The van der Waals surface area contributed by atoms with Crippen molar-refractivity contribution in [1.29, 1.82) is 0 Å². The predicted molar refractivity (Wildman–Crippen MR) is 57.0 cm³/mol. The molecule has 80 valence electrons. The van der Waals surface area contributed by atoms with Gasteiger partial charge in [-0.3, -0.25) is 0 Å². The summed E-state index contributed by atoms with van der Waals surface area (Å²) in [6, 6.07) is 0. The van der Waals surface area contributed by atoms with Crippen LogP contribution in [0.1, 0.15) is 27.7 Å². The molecule has 1 aliphatic heterocycles. The van der Waals surface area contributed by atoms with Crippen LogP contribution < -0.4 is 0 Å². The van der Waals surface area contributed by atoms with Gasteiger partial charge in [-0.05, 0) is 38.8 Å². The zero-order valence-corrected chi connectivity index (χ0v) is 9.43. The third kappa shape index (κ3) is 1.91. The third-order valence-corrected chi connectivity index (χ3v) is 2.40. The van der Waals surface area contributed by atoms with E-state index in [0.717, 1.165) is 11.1 Å². The molecule has 0 spiro atoms. The van der Waals surface area contributed by atoms with Gasteiger partial charge in [-0.15, -0.1) is 0 Å². The van der Waals surface area contributed by atoms with Crippen LogP contribution in [0.15, 0.2) is 34.4 Å². The van der Waals surface area contributed by atoms with Gasteiger partial charge < -0.3 is 4.74 Å². The van der Waals surface area contributed by atoms with Crippen LogP contribution in [0, 0.1) is 0 Å². The lowest BCUT2D eigenvalue weighted by atomic mass is 9.96. The van der Waals surface area contributed by atoms with Crippen molar-refractivity contribution < 1.29 is 14.3 Å². The van der Waals surface area contributed by atoms with E-state index in [1.807, 2.05) is 13.8 Å². The summed E-state index contributed by atoms with van der Waals surface area (Å²) in [7, 11) is 0. The van der Waals surface area contributed by atoms with Gasteiger partial charge >= 0.3 is 11.9 Å². The first kappa shape index (κ1) is 11.4. The fourth-order valence-electron chi connectivity index (χ4n) is 1.37. The van der Waals surface area contributed by atoms with Crippen molar-refractivity contribution in [2.45, 2.75) is 27.7 Å². The highest BCUT2D eigenvalue weighted by molar-refractivity contribution is 6.16. The minimum absolute atomic E-state index is 0.304. The summed E-state index contributed by atoms with van der Waals surface area (Å²) in [4.78, 5) is 22.8. The normalized spacial score (nSPS) is 15.5. The molecule has 0 radical (unpaired) electrons. The van der Waals surface area contributed by atoms with E-state index in [9.17, 15) is 9.59 Å². The Hall–Kier alpha value is -1.64. The largest absolute Gasteiger partial charge is 0.386 e. The van der Waals surface area contributed by atoms with Gasteiger partial charge in [0.25, 0.3) is 0 Å². The Kier molecular flexibility index (Phi) is 2.93. The fourth-order valence-corrected chi connectivity index (χ4v) is 1.37. The quantitative estimate of drug-likeness (QED) is 0.514. The van der Waals surface area contributed by atoms with Crippen LogP contribution >= 0.6 is 0 Å². The molecule has 1 aliphatic rings. The molecule has 0 aliphatic carbocycles. The summed E-state index contributed by atoms with van der Waals surface area (Å²) in [5.41, 5.74) is 2.98. The maximum Gasteiger partial charge on any atom is 0.347 e. The van der Waals surface area contributed by atoms with Crippen molar-refractivity contribution in [3.05, 3.63) is 34.4 Å². The molecule has 0 N–H and O–H groups in total. The van der Waals surface area contributed by atoms with E-state index in [2.05, 4.69) is 11.3 Å². The van der Waals surface area contributed by atoms with Gasteiger partial charge in [0.1, 0.15) is 0 Å². The smallest absolute Gasteiger partial charge is 0.347 e. The lowest BCUT2D eigenvalue weighted by Crippen LogP contribution is -2.03. The van der Waals surface area contributed by atoms with Crippen molar-refractivity contribution in [3.8, 4) is 0 Å². The summed E-state index contributed by atoms with van der Waals surface area (Å²) < 4.78 is 4.57. The van der Waals surface area contributed by atoms with E-state index in [0.29, 0.717) is 16.7 Å². The van der Waals surface area contributed by atoms with Crippen LogP contribution in [-0.2, 0) is 14.3 Å². The molecule has 0 saturated carbocycles. The number of esters is 2. The number of hydrogen-bond acceptors (Lipinski definition) is 3. The van der Waals surface area contributed by atoms with Gasteiger partial charge in [0, 0.05) is 0 Å². The van der Waals surface area contributed by atoms with Crippen LogP contribution in [0.5, 0.6) is 0 Å². The zero-order valence-electron chi connectivity index (χ0n) is 9.43. The van der Waals surface area contributed by atoms with Crippen LogP contribution in [0.25, 0.3) is 0 Å². The molecule has 15 heavy (non-hydrogen) atoms. The van der Waals surface area contributed by atoms with Gasteiger partial charge in [-0.2, -0.15) is 0 Å². The van der Waals surface area contributed by atoms with Gasteiger partial charge in [0.05, 0.1) is 11.1 Å². The topological polar surface area (TPSA) is 43.4 Å². The van der Waals surface area contributed by atoms with Crippen LogP contribution in [0.4, 0.5) is 0 Å². The third-order valence-electron chi connectivity index (χ3n) is 2.40. The molecular formula is C12H14O3. The number of carbonyl (C=O) groups excluding carboxylic acids is 2. The monoisotopic (exact) mass is 206 g/mol. The number of ether oxygens (including phenoxy) is 1. The molecule has 0 saturated heterocycles. The molecule has 0 amide bonds. The van der Waals surface area contributed by atoms with Crippen molar-refractivity contribution in [2.75, 3.05) is 0 Å². The highest BCUT2D eigenvalue weighted by Gasteiger charge is 2.34. The number of carbonyl (C=O) groups is 2. The Morgan fingerprint density at radius 3 is 1.87 bits per heavy atom. The maximum atomic E-state index is 11.5. The van der Waals surface area contributed by atoms with Crippen molar-refractivity contribution >= 4 is 11.9 Å². The number of rotatable bonds is 2. The Balaban J connectivity index is 3.45. The molecule has 3 heteroatoms. The molecule has 1 heterocycles. The molecule has 0 aromatic rings. The summed E-state index contributed by atoms with van der Waals surface area (Å²) in [5.74, 6) is -1.17. The molecular weight excluding hydrogens is 192 g/mol. The fraction of sp³-hybridized carbons (Fsp3) is 0.333. The predicted octanol–water partition coefficient (Wildman–Crippen LogP) is 2.30. The summed E-state index contributed by atoms with van der Waals surface area (Å²) in [6.45, 7) is 10.9. The van der Waals surface area contributed by atoms with E-state index in [1.165, 1.54) is 0 Å². The number of allylic oxidation sites excluding steroid dienone is 1. The molecule has 0 aromatic carbocycles. The summed E-state index contributed by atoms with van der Waals surface area (Å²) in [5, 5.41) is 0. The van der Waals surface area contributed by atoms with E-state index in [-0.39, 0.29) is 0 Å². The van der Waals surface area contributed by atoms with Crippen molar-refractivity contribution in [1.82, 2.24) is 0 Å². The summed E-state index contributed by atoms with van der Waals surface area (Å²) >= 11 is 0. The SMILES string of the molecule is C=C(C)C1=C(C(C)=C(C)C)C(=O)OC1=O. The first-order valence-electron chi connectivity index (χ1n) is 4.67. The Labute approximate surface area is 89.1 Å². The highest BCUT2D eigenvalue weighted by atomic mass is 16.6. The second-order valence-corrected chi connectivity index (χ2v) is 3.83. The van der Waals surface area contributed by atoms with Crippen molar-refractivity contribution in [2.24, 2.45) is 0 Å². The molecule has 0 aromatic heterocycles. The number of hydrogen-bond donors (Lipinski definition) is 0. The van der Waals surface area contributed by atoms with E-state index in [4.69, 9.17) is 0 Å². The molecule has 0 unspecified atom stereocenters. The van der Waals surface area contributed by atoms with Gasteiger partial charge in [0.2, 0.25) is 0 Å². The molecule has 0 bridgehead atoms. The van der Waals surface area contributed by atoms with E-state index >= 15 is 0 Å². The van der Waals surface area contributed by atoms with Crippen LogP contribution in [0.2, 0.25) is 0 Å². The zero-order chi connectivity index (χ0) is 11.7. The molecule has 0 atom stereocenters. The highest BCUT2D eigenvalue weighted by Crippen LogP contribution is 2.29. The average molecular weight is 206 g/mol.